The average Bonchev–Trinajstić information content (AvgIpc) is 3.20. The highest BCUT2D eigenvalue weighted by Crippen LogP contribution is 2.19. The van der Waals surface area contributed by atoms with Gasteiger partial charge in [-0.1, -0.05) is 42.5 Å². The number of anilines is 1. The van der Waals surface area contributed by atoms with Crippen LogP contribution in [-0.4, -0.2) is 46.6 Å². The minimum atomic E-state index is -3.38. The first-order valence-corrected chi connectivity index (χ1v) is 12.4. The Hall–Kier alpha value is -1.85. The largest absolute Gasteiger partial charge is 0.369 e. The van der Waals surface area contributed by atoms with Crippen molar-refractivity contribution in [2.75, 3.05) is 25.0 Å². The smallest absolute Gasteiger partial charge is 0.216 e. The van der Waals surface area contributed by atoms with Gasteiger partial charge in [0.2, 0.25) is 10.0 Å². The number of benzene rings is 2. The lowest BCUT2D eigenvalue weighted by atomic mass is 10.1. The molecule has 7 nitrogen and oxygen atoms in total. The second kappa shape index (κ2) is 12.4. The molecule has 176 valence electrons. The third-order valence-corrected chi connectivity index (χ3v) is 6.72. The Morgan fingerprint density at radius 2 is 1.75 bits per heavy atom. The van der Waals surface area contributed by atoms with Crippen LogP contribution in [0.2, 0.25) is 0 Å². The summed E-state index contributed by atoms with van der Waals surface area (Å²) < 4.78 is 27.4. The zero-order valence-corrected chi connectivity index (χ0v) is 22.1. The predicted octanol–water partition coefficient (Wildman–Crippen LogP) is 3.08. The zero-order chi connectivity index (χ0) is 22.3. The van der Waals surface area contributed by atoms with E-state index in [2.05, 4.69) is 49.5 Å². The molecule has 1 aliphatic heterocycles. The molecule has 1 aliphatic rings. The lowest BCUT2D eigenvalue weighted by molar-refractivity contribution is 0.568. The number of sulfonamides is 1. The van der Waals surface area contributed by atoms with Gasteiger partial charge >= 0.3 is 0 Å². The summed E-state index contributed by atoms with van der Waals surface area (Å²) in [5, 5.41) is 6.84. The van der Waals surface area contributed by atoms with Crippen LogP contribution >= 0.6 is 24.0 Å². The van der Waals surface area contributed by atoms with E-state index in [4.69, 9.17) is 0 Å². The van der Waals surface area contributed by atoms with Gasteiger partial charge in [-0.05, 0) is 43.5 Å². The van der Waals surface area contributed by atoms with E-state index in [0.717, 1.165) is 36.6 Å². The molecule has 0 radical (unpaired) electrons. The molecule has 3 rings (SSSR count). The van der Waals surface area contributed by atoms with Crippen LogP contribution in [-0.2, 0) is 22.3 Å². The molecule has 3 N–H and O–H groups in total. The summed E-state index contributed by atoms with van der Waals surface area (Å²) in [5.41, 5.74) is 2.96. The van der Waals surface area contributed by atoms with E-state index in [-0.39, 0.29) is 35.8 Å². The molecule has 1 fully saturated rings. The number of aliphatic imine (C=N–C) groups is 1. The summed E-state index contributed by atoms with van der Waals surface area (Å²) in [6.07, 6.45) is 1.03. The lowest BCUT2D eigenvalue weighted by Gasteiger charge is -2.20. The van der Waals surface area contributed by atoms with E-state index < -0.39 is 10.0 Å². The van der Waals surface area contributed by atoms with Crippen LogP contribution in [0.3, 0.4) is 0 Å². The standard InChI is InChI=1S/C23H33N5O2S.HI/c1-18(2)27-31(29,30)17-20-10-8-7-9-19(20)15-25-23(24-3)26-21-13-14-28(16-21)22-11-5-4-6-12-22;/h4-12,18,21,27H,13-17H2,1-3H3,(H2,24,25,26);1H. The minimum Gasteiger partial charge on any atom is -0.369 e. The molecule has 1 heterocycles. The summed E-state index contributed by atoms with van der Waals surface area (Å²) in [7, 11) is -1.63. The molecule has 0 amide bonds. The van der Waals surface area contributed by atoms with Gasteiger partial charge in [0.25, 0.3) is 0 Å². The van der Waals surface area contributed by atoms with Crippen LogP contribution in [0.15, 0.2) is 59.6 Å². The fourth-order valence-electron chi connectivity index (χ4n) is 3.79. The lowest BCUT2D eigenvalue weighted by Crippen LogP contribution is -2.44. The number of rotatable bonds is 8. The van der Waals surface area contributed by atoms with Crippen molar-refractivity contribution in [3.05, 3.63) is 65.7 Å². The molecule has 2 aromatic carbocycles. The molecule has 32 heavy (non-hydrogen) atoms. The number of hydrogen-bond acceptors (Lipinski definition) is 4. The van der Waals surface area contributed by atoms with Crippen molar-refractivity contribution in [1.82, 2.24) is 15.4 Å². The Kier molecular flexibility index (Phi) is 10.2. The SMILES string of the molecule is CN=C(NCc1ccccc1CS(=O)(=O)NC(C)C)NC1CCN(c2ccccc2)C1.I. The summed E-state index contributed by atoms with van der Waals surface area (Å²) in [5.74, 6) is 0.682. The van der Waals surface area contributed by atoms with E-state index in [1.54, 1.807) is 7.05 Å². The Morgan fingerprint density at radius 1 is 1.09 bits per heavy atom. The molecule has 0 aliphatic carbocycles. The molecule has 0 bridgehead atoms. The highest BCUT2D eigenvalue weighted by atomic mass is 127. The second-order valence-electron chi connectivity index (χ2n) is 8.14. The number of para-hydroxylation sites is 1. The van der Waals surface area contributed by atoms with Crippen molar-refractivity contribution in [1.29, 1.82) is 0 Å². The first-order valence-electron chi connectivity index (χ1n) is 10.7. The Balaban J connectivity index is 0.00000363. The molecule has 0 aromatic heterocycles. The number of guanidine groups is 1. The molecule has 0 spiro atoms. The van der Waals surface area contributed by atoms with Gasteiger partial charge in [0.1, 0.15) is 0 Å². The van der Waals surface area contributed by atoms with Crippen molar-refractivity contribution in [3.63, 3.8) is 0 Å². The third kappa shape index (κ3) is 7.93. The molecular weight excluding hydrogens is 537 g/mol. The van der Waals surface area contributed by atoms with Crippen molar-refractivity contribution in [2.45, 2.75) is 44.6 Å². The maximum Gasteiger partial charge on any atom is 0.216 e. The van der Waals surface area contributed by atoms with E-state index >= 15 is 0 Å². The van der Waals surface area contributed by atoms with Gasteiger partial charge in [0.15, 0.2) is 5.96 Å². The number of nitrogens with one attached hydrogen (secondary N) is 3. The quantitative estimate of drug-likeness (QED) is 0.258. The molecule has 1 unspecified atom stereocenters. The van der Waals surface area contributed by atoms with Crippen molar-refractivity contribution < 1.29 is 8.42 Å². The Labute approximate surface area is 209 Å². The highest BCUT2D eigenvalue weighted by Gasteiger charge is 2.23. The van der Waals surface area contributed by atoms with E-state index in [9.17, 15) is 8.42 Å². The van der Waals surface area contributed by atoms with Crippen LogP contribution in [0.25, 0.3) is 0 Å². The summed E-state index contributed by atoms with van der Waals surface area (Å²) >= 11 is 0. The fourth-order valence-corrected chi connectivity index (χ4v) is 5.29. The molecule has 1 atom stereocenters. The third-order valence-electron chi connectivity index (χ3n) is 5.20. The van der Waals surface area contributed by atoms with Gasteiger partial charge in [0.05, 0.1) is 5.75 Å². The van der Waals surface area contributed by atoms with Crippen molar-refractivity contribution in [3.8, 4) is 0 Å². The molecule has 0 saturated carbocycles. The van der Waals surface area contributed by atoms with Gasteiger partial charge in [-0.3, -0.25) is 4.99 Å². The predicted molar refractivity (Wildman–Crippen MR) is 143 cm³/mol. The molecular formula is C23H34IN5O2S. The summed E-state index contributed by atoms with van der Waals surface area (Å²) in [6, 6.07) is 18.2. The maximum atomic E-state index is 12.4. The molecule has 1 saturated heterocycles. The Bertz CT molecular complexity index is 983. The van der Waals surface area contributed by atoms with Crippen molar-refractivity contribution >= 4 is 45.6 Å². The fraction of sp³-hybridized carbons (Fsp3) is 0.435. The van der Waals surface area contributed by atoms with E-state index in [1.807, 2.05) is 44.2 Å². The normalized spacial score (nSPS) is 16.7. The van der Waals surface area contributed by atoms with Crippen LogP contribution < -0.4 is 20.3 Å². The van der Waals surface area contributed by atoms with Crippen molar-refractivity contribution in [2.24, 2.45) is 4.99 Å². The number of hydrogen-bond donors (Lipinski definition) is 3. The first kappa shape index (κ1) is 26.4. The van der Waals surface area contributed by atoms with E-state index in [1.165, 1.54) is 5.69 Å². The topological polar surface area (TPSA) is 85.8 Å². The monoisotopic (exact) mass is 571 g/mol. The van der Waals surface area contributed by atoms with Crippen LogP contribution in [0.4, 0.5) is 5.69 Å². The summed E-state index contributed by atoms with van der Waals surface area (Å²) in [4.78, 5) is 6.72. The van der Waals surface area contributed by atoms with Gasteiger partial charge < -0.3 is 15.5 Å². The first-order chi connectivity index (χ1) is 14.9. The number of nitrogens with zero attached hydrogens (tertiary/aromatic N) is 2. The van der Waals surface area contributed by atoms with Gasteiger partial charge in [-0.15, -0.1) is 24.0 Å². The van der Waals surface area contributed by atoms with Gasteiger partial charge in [0, 0.05) is 44.5 Å². The van der Waals surface area contributed by atoms with E-state index in [0.29, 0.717) is 12.6 Å². The molecule has 9 heteroatoms. The second-order valence-corrected chi connectivity index (χ2v) is 9.89. The average molecular weight is 572 g/mol. The zero-order valence-electron chi connectivity index (χ0n) is 18.9. The summed E-state index contributed by atoms with van der Waals surface area (Å²) in [6.45, 7) is 6.07. The highest BCUT2D eigenvalue weighted by molar-refractivity contribution is 14.0. The maximum absolute atomic E-state index is 12.4. The van der Waals surface area contributed by atoms with Gasteiger partial charge in [-0.2, -0.15) is 0 Å². The van der Waals surface area contributed by atoms with Crippen LogP contribution in [0.5, 0.6) is 0 Å². The number of halogens is 1. The minimum absolute atomic E-state index is 0. The van der Waals surface area contributed by atoms with Crippen LogP contribution in [0, 0.1) is 0 Å². The Morgan fingerprint density at radius 3 is 2.41 bits per heavy atom. The molecule has 2 aromatic rings. The van der Waals surface area contributed by atoms with Gasteiger partial charge in [-0.25, -0.2) is 13.1 Å². The van der Waals surface area contributed by atoms with Crippen LogP contribution in [0.1, 0.15) is 31.4 Å².